The Kier molecular flexibility index (Phi) is 4.65. The summed E-state index contributed by atoms with van der Waals surface area (Å²) in [5.41, 5.74) is 1.05. The minimum atomic E-state index is 0.0821. The second-order valence-electron chi connectivity index (χ2n) is 7.25. The lowest BCUT2D eigenvalue weighted by atomic mass is 10.2. The van der Waals surface area contributed by atoms with Crippen molar-refractivity contribution in [1.82, 2.24) is 19.5 Å². The van der Waals surface area contributed by atoms with Gasteiger partial charge in [-0.15, -0.1) is 11.3 Å². The molecule has 4 heterocycles. The van der Waals surface area contributed by atoms with Crippen molar-refractivity contribution < 1.29 is 5.11 Å². The molecule has 7 nitrogen and oxygen atoms in total. The minimum absolute atomic E-state index is 0.0821. The highest BCUT2D eigenvalue weighted by atomic mass is 32.1. The summed E-state index contributed by atoms with van der Waals surface area (Å²) in [6.45, 7) is 3.06. The van der Waals surface area contributed by atoms with Gasteiger partial charge < -0.3 is 19.9 Å². The second-order valence-corrected chi connectivity index (χ2v) is 8.48. The van der Waals surface area contributed by atoms with Gasteiger partial charge in [-0.25, -0.2) is 9.97 Å². The van der Waals surface area contributed by atoms with Crippen LogP contribution in [0.1, 0.15) is 17.7 Å². The molecule has 1 aliphatic heterocycles. The Labute approximate surface area is 172 Å². The quantitative estimate of drug-likeness (QED) is 0.523. The second kappa shape index (κ2) is 7.46. The number of hydrogen-bond acceptors (Lipinski definition) is 7. The predicted octanol–water partition coefficient (Wildman–Crippen LogP) is 3.89. The van der Waals surface area contributed by atoms with Crippen LogP contribution >= 0.6 is 11.3 Å². The lowest BCUT2D eigenvalue weighted by Gasteiger charge is -2.23. The number of nitrogens with one attached hydrogen (secondary N) is 1. The molecule has 4 aromatic rings. The molecule has 0 bridgehead atoms. The van der Waals surface area contributed by atoms with E-state index in [2.05, 4.69) is 28.2 Å². The van der Waals surface area contributed by atoms with E-state index in [-0.39, 0.29) is 12.6 Å². The van der Waals surface area contributed by atoms with Gasteiger partial charge in [0, 0.05) is 17.1 Å². The van der Waals surface area contributed by atoms with Gasteiger partial charge in [0.25, 0.3) is 0 Å². The number of anilines is 3. The molecule has 0 spiro atoms. The van der Waals surface area contributed by atoms with E-state index in [1.165, 1.54) is 4.88 Å². The molecule has 0 radical (unpaired) electrons. The van der Waals surface area contributed by atoms with Gasteiger partial charge in [0.15, 0.2) is 0 Å². The first kappa shape index (κ1) is 18.1. The average molecular weight is 407 g/mol. The monoisotopic (exact) mass is 406 g/mol. The Bertz CT molecular complexity index is 1140. The molecule has 1 fully saturated rings. The molecule has 5 rings (SSSR count). The molecule has 0 amide bonds. The van der Waals surface area contributed by atoms with E-state index < -0.39 is 0 Å². The number of aliphatic hydroxyl groups excluding tert-OH is 1. The van der Waals surface area contributed by atoms with Crippen LogP contribution < -0.4 is 10.2 Å². The van der Waals surface area contributed by atoms with Crippen molar-refractivity contribution in [2.75, 3.05) is 23.4 Å². The lowest BCUT2D eigenvalue weighted by molar-refractivity contribution is 0.265. The Morgan fingerprint density at radius 3 is 2.93 bits per heavy atom. The summed E-state index contributed by atoms with van der Waals surface area (Å²) in [7, 11) is 0. The molecule has 148 valence electrons. The lowest BCUT2D eigenvalue weighted by Crippen LogP contribution is -2.33. The van der Waals surface area contributed by atoms with Crippen LogP contribution in [0.25, 0.3) is 15.9 Å². The fourth-order valence-electron chi connectivity index (χ4n) is 3.79. The van der Waals surface area contributed by atoms with Crippen LogP contribution in [0.2, 0.25) is 0 Å². The van der Waals surface area contributed by atoms with E-state index in [1.54, 1.807) is 17.7 Å². The fourth-order valence-corrected chi connectivity index (χ4v) is 4.67. The summed E-state index contributed by atoms with van der Waals surface area (Å²) in [4.78, 5) is 18.4. The third-order valence-electron chi connectivity index (χ3n) is 5.23. The Morgan fingerprint density at radius 1 is 1.24 bits per heavy atom. The summed E-state index contributed by atoms with van der Waals surface area (Å²) in [6, 6.07) is 12.3. The molecule has 29 heavy (non-hydrogen) atoms. The zero-order valence-electron chi connectivity index (χ0n) is 16.1. The van der Waals surface area contributed by atoms with E-state index in [0.29, 0.717) is 5.95 Å². The molecular formula is C21H22N6OS. The van der Waals surface area contributed by atoms with Gasteiger partial charge in [0.05, 0.1) is 24.2 Å². The van der Waals surface area contributed by atoms with Crippen molar-refractivity contribution in [1.29, 1.82) is 0 Å². The summed E-state index contributed by atoms with van der Waals surface area (Å²) in [5, 5.41) is 14.1. The number of thiophene rings is 1. The Morgan fingerprint density at radius 2 is 2.10 bits per heavy atom. The molecule has 8 heteroatoms. The zero-order chi connectivity index (χ0) is 19.8. The molecular weight excluding hydrogens is 384 g/mol. The smallest absolute Gasteiger partial charge is 0.229 e. The van der Waals surface area contributed by atoms with Crippen molar-refractivity contribution in [3.8, 4) is 5.69 Å². The van der Waals surface area contributed by atoms with E-state index in [1.807, 2.05) is 41.1 Å². The molecule has 3 aromatic heterocycles. The van der Waals surface area contributed by atoms with Crippen LogP contribution in [0.4, 0.5) is 17.6 Å². The fraction of sp³-hybridized carbons (Fsp3) is 0.286. The first-order chi connectivity index (χ1) is 14.2. The van der Waals surface area contributed by atoms with Crippen LogP contribution in [-0.2, 0) is 0 Å². The largest absolute Gasteiger partial charge is 0.394 e. The van der Waals surface area contributed by atoms with Gasteiger partial charge in [-0.05, 0) is 38.0 Å². The molecule has 0 saturated carbocycles. The third kappa shape index (κ3) is 3.45. The van der Waals surface area contributed by atoms with Gasteiger partial charge in [-0.3, -0.25) is 0 Å². The molecule has 1 saturated heterocycles. The molecule has 1 unspecified atom stereocenters. The minimum Gasteiger partial charge on any atom is -0.394 e. The topological polar surface area (TPSA) is 79.1 Å². The summed E-state index contributed by atoms with van der Waals surface area (Å²) in [6.07, 6.45) is 5.75. The number of benzene rings is 1. The van der Waals surface area contributed by atoms with Crippen LogP contribution in [0.3, 0.4) is 0 Å². The number of imidazole rings is 1. The predicted molar refractivity (Wildman–Crippen MR) is 116 cm³/mol. The van der Waals surface area contributed by atoms with Gasteiger partial charge in [-0.2, -0.15) is 4.98 Å². The number of aliphatic hydroxyl groups is 1. The number of hydrogen-bond donors (Lipinski definition) is 2. The average Bonchev–Trinajstić information content (AvgIpc) is 3.47. The van der Waals surface area contributed by atoms with E-state index in [0.717, 1.165) is 46.9 Å². The van der Waals surface area contributed by atoms with E-state index >= 15 is 0 Å². The molecule has 1 aromatic carbocycles. The Balaban J connectivity index is 1.51. The standard InChI is InChI=1S/C21H22N6OS/c1-14-10-17-19(23-18-11-26(13-22-18)15-6-3-2-4-7-15)24-21(25-20(17)29-14)27-9-5-8-16(27)12-28/h2-4,6-7,10-11,13,16,28H,5,8-9,12H2,1H3,(H,23,24,25). The van der Waals surface area contributed by atoms with Crippen molar-refractivity contribution in [3.63, 3.8) is 0 Å². The van der Waals surface area contributed by atoms with Crippen molar-refractivity contribution >= 4 is 39.1 Å². The van der Waals surface area contributed by atoms with E-state index in [4.69, 9.17) is 9.97 Å². The first-order valence-electron chi connectivity index (χ1n) is 9.73. The summed E-state index contributed by atoms with van der Waals surface area (Å²) in [5.74, 6) is 2.14. The highest BCUT2D eigenvalue weighted by Crippen LogP contribution is 2.33. The maximum absolute atomic E-state index is 9.71. The number of rotatable bonds is 5. The number of para-hydroxylation sites is 1. The highest BCUT2D eigenvalue weighted by Gasteiger charge is 2.27. The molecule has 1 aliphatic rings. The summed E-state index contributed by atoms with van der Waals surface area (Å²) >= 11 is 1.65. The van der Waals surface area contributed by atoms with Gasteiger partial charge in [-0.1, -0.05) is 18.2 Å². The summed E-state index contributed by atoms with van der Waals surface area (Å²) < 4.78 is 1.97. The van der Waals surface area contributed by atoms with Gasteiger partial charge in [0.1, 0.15) is 22.8 Å². The van der Waals surface area contributed by atoms with Crippen LogP contribution in [0.5, 0.6) is 0 Å². The SMILES string of the molecule is Cc1cc2c(Nc3cn(-c4ccccc4)cn3)nc(N3CCCC3CO)nc2s1. The number of fused-ring (bicyclic) bond motifs is 1. The van der Waals surface area contributed by atoms with Crippen LogP contribution in [-0.4, -0.2) is 43.8 Å². The van der Waals surface area contributed by atoms with Crippen molar-refractivity contribution in [3.05, 3.63) is 53.8 Å². The molecule has 0 aliphatic carbocycles. The number of aromatic nitrogens is 4. The van der Waals surface area contributed by atoms with Crippen LogP contribution in [0.15, 0.2) is 48.9 Å². The number of nitrogens with zero attached hydrogens (tertiary/aromatic N) is 5. The normalized spacial score (nSPS) is 16.6. The van der Waals surface area contributed by atoms with Crippen molar-refractivity contribution in [2.45, 2.75) is 25.8 Å². The van der Waals surface area contributed by atoms with Gasteiger partial charge in [0.2, 0.25) is 5.95 Å². The maximum atomic E-state index is 9.71. The highest BCUT2D eigenvalue weighted by molar-refractivity contribution is 7.18. The van der Waals surface area contributed by atoms with Crippen molar-refractivity contribution in [2.24, 2.45) is 0 Å². The molecule has 1 atom stereocenters. The zero-order valence-corrected chi connectivity index (χ0v) is 16.9. The van der Waals surface area contributed by atoms with Gasteiger partial charge >= 0.3 is 0 Å². The third-order valence-corrected chi connectivity index (χ3v) is 6.18. The van der Waals surface area contributed by atoms with Crippen LogP contribution in [0, 0.1) is 6.92 Å². The Hall–Kier alpha value is -2.97. The number of aryl methyl sites for hydroxylation is 1. The van der Waals surface area contributed by atoms with E-state index in [9.17, 15) is 5.11 Å². The maximum Gasteiger partial charge on any atom is 0.229 e. The first-order valence-corrected chi connectivity index (χ1v) is 10.5. The molecule has 2 N–H and O–H groups in total.